The van der Waals surface area contributed by atoms with Crippen LogP contribution in [0.5, 0.6) is 0 Å². The van der Waals surface area contributed by atoms with Gasteiger partial charge in [-0.25, -0.2) is 29.9 Å². The first-order valence-electron chi connectivity index (χ1n) is 30.2. The summed E-state index contributed by atoms with van der Waals surface area (Å²) in [5, 5.41) is 0. The molecule has 0 amide bonds. The lowest BCUT2D eigenvalue weighted by atomic mass is 9.94. The van der Waals surface area contributed by atoms with Crippen LogP contribution in [0.15, 0.2) is 340 Å². The zero-order valence-electron chi connectivity index (χ0n) is 49.0. The van der Waals surface area contributed by atoms with Gasteiger partial charge in [-0.1, -0.05) is 285 Å². The Morgan fingerprint density at radius 2 is 0.211 bits per heavy atom. The summed E-state index contributed by atoms with van der Waals surface area (Å²) in [6.07, 6.45) is 0. The average Bonchev–Trinajstić information content (AvgIpc) is 1.88. The molecule has 0 N–H and O–H groups in total. The van der Waals surface area contributed by atoms with Crippen LogP contribution in [0.2, 0.25) is 0 Å². The van der Waals surface area contributed by atoms with Crippen molar-refractivity contribution in [2.24, 2.45) is 0 Å². The Labute approximate surface area is 524 Å². The van der Waals surface area contributed by atoms with Gasteiger partial charge in [0.15, 0.2) is 34.9 Å². The van der Waals surface area contributed by atoms with Gasteiger partial charge in [0.05, 0.1) is 0 Å². The maximum Gasteiger partial charge on any atom is 0.164 e. The van der Waals surface area contributed by atoms with Crippen molar-refractivity contribution in [1.29, 1.82) is 0 Å². The molecule has 0 bridgehead atoms. The maximum atomic E-state index is 5.21. The molecule has 6 heteroatoms. The van der Waals surface area contributed by atoms with Gasteiger partial charge in [0.2, 0.25) is 0 Å². The Balaban J connectivity index is 0.737. The smallest absolute Gasteiger partial charge is 0.164 e. The van der Waals surface area contributed by atoms with Crippen LogP contribution in [-0.4, -0.2) is 29.9 Å². The van der Waals surface area contributed by atoms with E-state index in [1.165, 1.54) is 0 Å². The first kappa shape index (κ1) is 54.5. The van der Waals surface area contributed by atoms with Crippen LogP contribution >= 0.6 is 0 Å². The number of rotatable bonds is 14. The van der Waals surface area contributed by atoms with Gasteiger partial charge in [-0.05, 0) is 144 Å². The minimum Gasteiger partial charge on any atom is -0.208 e. The molecule has 0 unspecified atom stereocenters. The van der Waals surface area contributed by atoms with Gasteiger partial charge in [0.25, 0.3) is 0 Å². The van der Waals surface area contributed by atoms with Crippen molar-refractivity contribution in [3.63, 3.8) is 0 Å². The van der Waals surface area contributed by atoms with Crippen LogP contribution < -0.4 is 0 Å². The number of aromatic nitrogens is 6. The molecule has 0 fully saturated rings. The van der Waals surface area contributed by atoms with Crippen molar-refractivity contribution in [2.75, 3.05) is 0 Å². The highest BCUT2D eigenvalue weighted by atomic mass is 15.0. The van der Waals surface area contributed by atoms with Gasteiger partial charge in [-0.3, -0.25) is 0 Å². The van der Waals surface area contributed by atoms with Crippen LogP contribution in [0.4, 0.5) is 0 Å². The Bertz CT molecular complexity index is 4550. The standard InChI is InChI=1S/C84H56N6/c1-5-22-57(23-6-1)61-30-16-42-73(51-61)79-85-80(74-43-17-31-62(52-74)58-24-7-2-8-25-58)88-83(87-79)77-46-20-40-71(55-77)69-38-14-36-67(49-69)65-34-13-35-66(48-65)68-37-15-39-70(50-68)72-41-21-47-78(56-72)84-89-81(75-44-18-32-63(53-75)59-26-9-3-10-27-59)86-82(90-84)76-45-19-33-64(54-76)60-28-11-4-12-29-60/h1-56H. The summed E-state index contributed by atoms with van der Waals surface area (Å²) in [6.45, 7) is 0. The molecule has 422 valence electrons. The largest absolute Gasteiger partial charge is 0.208 e. The summed E-state index contributed by atoms with van der Waals surface area (Å²) in [7, 11) is 0. The lowest BCUT2D eigenvalue weighted by Crippen LogP contribution is -2.00. The molecule has 13 aromatic carbocycles. The third-order valence-electron chi connectivity index (χ3n) is 16.3. The average molecular weight is 1150 g/mol. The second kappa shape index (κ2) is 24.7. The summed E-state index contributed by atoms with van der Waals surface area (Å²) in [5.41, 5.74) is 23.1. The molecule has 0 spiro atoms. The fourth-order valence-electron chi connectivity index (χ4n) is 11.7. The molecule has 6 nitrogen and oxygen atoms in total. The molecular weight excluding hydrogens is 1090 g/mol. The Morgan fingerprint density at radius 1 is 0.100 bits per heavy atom. The summed E-state index contributed by atoms with van der Waals surface area (Å²) in [5.74, 6) is 3.62. The van der Waals surface area contributed by atoms with Crippen LogP contribution in [0.3, 0.4) is 0 Å². The van der Waals surface area contributed by atoms with E-state index in [9.17, 15) is 0 Å². The van der Waals surface area contributed by atoms with Gasteiger partial charge in [-0.2, -0.15) is 0 Å². The Morgan fingerprint density at radius 3 is 0.367 bits per heavy atom. The second-order valence-electron chi connectivity index (χ2n) is 22.3. The van der Waals surface area contributed by atoms with Crippen molar-refractivity contribution in [3.8, 4) is 157 Å². The molecule has 0 aliphatic carbocycles. The van der Waals surface area contributed by atoms with Gasteiger partial charge < -0.3 is 0 Å². The minimum atomic E-state index is 0.598. The molecule has 0 saturated heterocycles. The van der Waals surface area contributed by atoms with Crippen LogP contribution in [-0.2, 0) is 0 Å². The second-order valence-corrected chi connectivity index (χ2v) is 22.3. The topological polar surface area (TPSA) is 77.3 Å². The molecule has 0 atom stereocenters. The van der Waals surface area contributed by atoms with E-state index >= 15 is 0 Å². The van der Waals surface area contributed by atoms with Crippen molar-refractivity contribution in [1.82, 2.24) is 29.9 Å². The van der Waals surface area contributed by atoms with Crippen molar-refractivity contribution < 1.29 is 0 Å². The fraction of sp³-hybridized carbons (Fsp3) is 0. The van der Waals surface area contributed by atoms with Crippen LogP contribution in [0.1, 0.15) is 0 Å². The minimum absolute atomic E-state index is 0.598. The number of hydrogen-bond donors (Lipinski definition) is 0. The normalized spacial score (nSPS) is 11.1. The summed E-state index contributed by atoms with van der Waals surface area (Å²) >= 11 is 0. The van der Waals surface area contributed by atoms with Gasteiger partial charge in [0, 0.05) is 33.4 Å². The lowest BCUT2D eigenvalue weighted by molar-refractivity contribution is 1.07. The van der Waals surface area contributed by atoms with Gasteiger partial charge in [-0.15, -0.1) is 0 Å². The molecule has 90 heavy (non-hydrogen) atoms. The molecule has 15 aromatic rings. The van der Waals surface area contributed by atoms with E-state index < -0.39 is 0 Å². The first-order chi connectivity index (χ1) is 44.5. The highest BCUT2D eigenvalue weighted by molar-refractivity contribution is 5.83. The van der Waals surface area contributed by atoms with Crippen molar-refractivity contribution in [2.45, 2.75) is 0 Å². The first-order valence-corrected chi connectivity index (χ1v) is 30.2. The Kier molecular flexibility index (Phi) is 15.0. The van der Waals surface area contributed by atoms with Crippen molar-refractivity contribution >= 4 is 0 Å². The quantitative estimate of drug-likeness (QED) is 0.108. The summed E-state index contributed by atoms with van der Waals surface area (Å²) in [4.78, 5) is 31.2. The zero-order valence-corrected chi connectivity index (χ0v) is 49.0. The number of benzene rings is 13. The molecule has 2 heterocycles. The highest BCUT2D eigenvalue weighted by Gasteiger charge is 2.18. The van der Waals surface area contributed by atoms with Crippen molar-refractivity contribution in [3.05, 3.63) is 340 Å². The van der Waals surface area contributed by atoms with E-state index in [2.05, 4.69) is 315 Å². The van der Waals surface area contributed by atoms with Crippen LogP contribution in [0.25, 0.3) is 157 Å². The molecular formula is C84H56N6. The lowest BCUT2D eigenvalue weighted by Gasteiger charge is -2.12. The molecule has 0 saturated carbocycles. The van der Waals surface area contributed by atoms with Crippen LogP contribution in [0, 0.1) is 0 Å². The maximum absolute atomic E-state index is 5.21. The summed E-state index contributed by atoms with van der Waals surface area (Å²) < 4.78 is 0. The third-order valence-corrected chi connectivity index (χ3v) is 16.3. The van der Waals surface area contributed by atoms with E-state index in [0.717, 1.165) is 122 Å². The monoisotopic (exact) mass is 1150 g/mol. The van der Waals surface area contributed by atoms with E-state index in [1.54, 1.807) is 0 Å². The predicted octanol–water partition coefficient (Wildman–Crippen LogP) is 21.4. The molecule has 0 aliphatic rings. The Hall–Kier alpha value is -12.1. The SMILES string of the molecule is c1ccc(-c2cccc(-c3nc(-c4cccc(-c5ccccc5)c4)nc(-c4cccc(-c5cccc(-c6cccc(-c7cccc(-c8cccc(-c9nc(-c%10cccc(-c%11ccccc%11)c%10)nc(-c%10cccc(-c%11ccccc%11)c%10)n9)c8)c7)c6)c5)c4)n3)c2)cc1. The molecule has 0 radical (unpaired) electrons. The molecule has 0 aliphatic heterocycles. The number of hydrogen-bond acceptors (Lipinski definition) is 6. The van der Waals surface area contributed by atoms with E-state index in [1.807, 2.05) is 24.3 Å². The van der Waals surface area contributed by atoms with E-state index in [0.29, 0.717) is 34.9 Å². The van der Waals surface area contributed by atoms with Gasteiger partial charge in [0.1, 0.15) is 0 Å². The number of nitrogens with zero attached hydrogens (tertiary/aromatic N) is 6. The predicted molar refractivity (Wildman–Crippen MR) is 369 cm³/mol. The summed E-state index contributed by atoms with van der Waals surface area (Å²) in [6, 6.07) is 119. The zero-order chi connectivity index (χ0) is 60.0. The van der Waals surface area contributed by atoms with E-state index in [4.69, 9.17) is 29.9 Å². The fourth-order valence-corrected chi connectivity index (χ4v) is 11.7. The highest BCUT2D eigenvalue weighted by Crippen LogP contribution is 2.37. The van der Waals surface area contributed by atoms with Gasteiger partial charge >= 0.3 is 0 Å². The van der Waals surface area contributed by atoms with E-state index in [-0.39, 0.29) is 0 Å². The molecule has 15 rings (SSSR count). The third kappa shape index (κ3) is 11.8. The molecule has 2 aromatic heterocycles.